The van der Waals surface area contributed by atoms with Gasteiger partial charge in [0.05, 0.1) is 0 Å². The van der Waals surface area contributed by atoms with Crippen LogP contribution >= 0.6 is 0 Å². The van der Waals surface area contributed by atoms with Gasteiger partial charge < -0.3 is 10.6 Å². The Labute approximate surface area is 131 Å². The van der Waals surface area contributed by atoms with E-state index < -0.39 is 0 Å². The summed E-state index contributed by atoms with van der Waals surface area (Å²) in [5.74, 6) is 0.0597. The van der Waals surface area contributed by atoms with E-state index in [-0.39, 0.29) is 5.78 Å². The van der Waals surface area contributed by atoms with Gasteiger partial charge in [-0.2, -0.15) is 0 Å². The van der Waals surface area contributed by atoms with Crippen LogP contribution in [0.15, 0.2) is 42.5 Å². The summed E-state index contributed by atoms with van der Waals surface area (Å²) in [7, 11) is 0. The minimum atomic E-state index is 0.0597. The lowest BCUT2D eigenvalue weighted by atomic mass is 9.95. The molecule has 3 nitrogen and oxygen atoms in total. The molecule has 1 aliphatic heterocycles. The molecule has 0 aliphatic carbocycles. The average Bonchev–Trinajstić information content (AvgIpc) is 2.53. The van der Waals surface area contributed by atoms with Crippen molar-refractivity contribution in [1.82, 2.24) is 0 Å². The van der Waals surface area contributed by atoms with E-state index in [4.69, 9.17) is 5.73 Å². The van der Waals surface area contributed by atoms with E-state index in [1.54, 1.807) is 24.3 Å². The van der Waals surface area contributed by atoms with E-state index in [1.165, 1.54) is 11.3 Å². The Balaban J connectivity index is 1.93. The minimum absolute atomic E-state index is 0.0597. The number of carbonyl (C=O) groups excluding carboxylic acids is 1. The van der Waals surface area contributed by atoms with Crippen molar-refractivity contribution in [1.29, 1.82) is 0 Å². The molecule has 0 saturated carbocycles. The summed E-state index contributed by atoms with van der Waals surface area (Å²) in [4.78, 5) is 15.0. The van der Waals surface area contributed by atoms with Crippen LogP contribution < -0.4 is 10.6 Å². The van der Waals surface area contributed by atoms with E-state index in [0.717, 1.165) is 24.9 Å². The van der Waals surface area contributed by atoms with Crippen LogP contribution in [0.4, 0.5) is 11.4 Å². The summed E-state index contributed by atoms with van der Waals surface area (Å²) in [5.41, 5.74) is 10.4. The molecule has 0 radical (unpaired) electrons. The first-order valence-corrected chi connectivity index (χ1v) is 7.86. The monoisotopic (exact) mass is 294 g/mol. The van der Waals surface area contributed by atoms with Crippen molar-refractivity contribution in [3.05, 3.63) is 59.2 Å². The van der Waals surface area contributed by atoms with E-state index in [1.807, 2.05) is 6.07 Å². The lowest BCUT2D eigenvalue weighted by Crippen LogP contribution is -2.35. The zero-order valence-corrected chi connectivity index (χ0v) is 13.2. The Bertz CT molecular complexity index is 689. The molecule has 0 saturated heterocycles. The average molecular weight is 294 g/mol. The lowest BCUT2D eigenvalue weighted by molar-refractivity contribution is 0.103. The molecule has 0 fully saturated rings. The number of aryl methyl sites for hydroxylation is 1. The summed E-state index contributed by atoms with van der Waals surface area (Å²) in [6, 6.07) is 13.7. The third kappa shape index (κ3) is 2.71. The van der Waals surface area contributed by atoms with Crippen LogP contribution in [0.2, 0.25) is 0 Å². The van der Waals surface area contributed by atoms with Crippen molar-refractivity contribution in [2.24, 2.45) is 0 Å². The van der Waals surface area contributed by atoms with Crippen LogP contribution in [-0.2, 0) is 6.42 Å². The fourth-order valence-corrected chi connectivity index (χ4v) is 3.11. The molecule has 2 aromatic carbocycles. The molecule has 1 heterocycles. The van der Waals surface area contributed by atoms with Gasteiger partial charge in [-0.1, -0.05) is 0 Å². The summed E-state index contributed by atoms with van der Waals surface area (Å²) in [6.45, 7) is 5.51. The number of ketones is 1. The van der Waals surface area contributed by atoms with Gasteiger partial charge in [0.25, 0.3) is 0 Å². The molecule has 22 heavy (non-hydrogen) atoms. The molecule has 2 N–H and O–H groups in total. The molecular weight excluding hydrogens is 272 g/mol. The Kier molecular flexibility index (Phi) is 3.88. The molecule has 3 heteroatoms. The highest BCUT2D eigenvalue weighted by Gasteiger charge is 2.20. The van der Waals surface area contributed by atoms with Gasteiger partial charge in [-0.3, -0.25) is 4.79 Å². The molecule has 1 aliphatic rings. The molecule has 0 bridgehead atoms. The van der Waals surface area contributed by atoms with Gasteiger partial charge in [0.1, 0.15) is 0 Å². The number of benzene rings is 2. The predicted molar refractivity (Wildman–Crippen MR) is 91.5 cm³/mol. The molecule has 3 rings (SSSR count). The van der Waals surface area contributed by atoms with Crippen LogP contribution in [-0.4, -0.2) is 18.4 Å². The number of anilines is 2. The zero-order valence-electron chi connectivity index (χ0n) is 13.2. The van der Waals surface area contributed by atoms with Crippen LogP contribution in [0.3, 0.4) is 0 Å². The van der Waals surface area contributed by atoms with Crippen molar-refractivity contribution < 1.29 is 4.79 Å². The standard InChI is InChI=1S/C19H22N2O/c1-13(2)21-11-3-4-15-12-16(7-10-18(15)21)19(22)14-5-8-17(20)9-6-14/h5-10,12-13H,3-4,11,20H2,1-2H3. The first-order valence-electron chi connectivity index (χ1n) is 7.86. The number of carbonyl (C=O) groups is 1. The van der Waals surface area contributed by atoms with Gasteiger partial charge in [0.2, 0.25) is 0 Å². The molecule has 114 valence electrons. The number of hydrogen-bond acceptors (Lipinski definition) is 3. The normalized spacial score (nSPS) is 14.0. The van der Waals surface area contributed by atoms with Crippen molar-refractivity contribution in [2.45, 2.75) is 32.7 Å². The van der Waals surface area contributed by atoms with Crippen LogP contribution in [0.5, 0.6) is 0 Å². The third-order valence-electron chi connectivity index (χ3n) is 4.29. The minimum Gasteiger partial charge on any atom is -0.399 e. The maximum absolute atomic E-state index is 12.6. The molecule has 0 atom stereocenters. The largest absolute Gasteiger partial charge is 0.399 e. The van der Waals surface area contributed by atoms with E-state index in [2.05, 4.69) is 30.9 Å². The number of nitrogens with two attached hydrogens (primary N) is 1. The SMILES string of the molecule is CC(C)N1CCCc2cc(C(=O)c3ccc(N)cc3)ccc21. The second-order valence-corrected chi connectivity index (χ2v) is 6.19. The molecule has 2 aromatic rings. The van der Waals surface area contributed by atoms with Gasteiger partial charge in [0, 0.05) is 35.1 Å². The number of nitrogens with zero attached hydrogens (tertiary/aromatic N) is 1. The Morgan fingerprint density at radius 3 is 2.45 bits per heavy atom. The van der Waals surface area contributed by atoms with Gasteiger partial charge in [-0.05, 0) is 74.7 Å². The van der Waals surface area contributed by atoms with Gasteiger partial charge in [0.15, 0.2) is 5.78 Å². The quantitative estimate of drug-likeness (QED) is 0.694. The summed E-state index contributed by atoms with van der Waals surface area (Å²) < 4.78 is 0. The highest BCUT2D eigenvalue weighted by molar-refractivity contribution is 6.09. The smallest absolute Gasteiger partial charge is 0.193 e. The molecule has 0 aromatic heterocycles. The third-order valence-corrected chi connectivity index (χ3v) is 4.29. The maximum Gasteiger partial charge on any atom is 0.193 e. The van der Waals surface area contributed by atoms with Crippen molar-refractivity contribution in [2.75, 3.05) is 17.2 Å². The van der Waals surface area contributed by atoms with Crippen LogP contribution in [0.25, 0.3) is 0 Å². The van der Waals surface area contributed by atoms with Crippen LogP contribution in [0, 0.1) is 0 Å². The maximum atomic E-state index is 12.6. The molecular formula is C19H22N2O. The number of fused-ring (bicyclic) bond motifs is 1. The van der Waals surface area contributed by atoms with Gasteiger partial charge >= 0.3 is 0 Å². The lowest BCUT2D eigenvalue weighted by Gasteiger charge is -2.34. The van der Waals surface area contributed by atoms with Gasteiger partial charge in [-0.25, -0.2) is 0 Å². The van der Waals surface area contributed by atoms with Crippen molar-refractivity contribution >= 4 is 17.2 Å². The molecule has 0 amide bonds. The topological polar surface area (TPSA) is 46.3 Å². The Hall–Kier alpha value is -2.29. The number of rotatable bonds is 3. The highest BCUT2D eigenvalue weighted by atomic mass is 16.1. The fraction of sp³-hybridized carbons (Fsp3) is 0.316. The first kappa shape index (κ1) is 14.6. The first-order chi connectivity index (χ1) is 10.6. The summed E-state index contributed by atoms with van der Waals surface area (Å²) >= 11 is 0. The predicted octanol–water partition coefficient (Wildman–Crippen LogP) is 3.66. The van der Waals surface area contributed by atoms with Crippen molar-refractivity contribution in [3.8, 4) is 0 Å². The fourth-order valence-electron chi connectivity index (χ4n) is 3.11. The summed E-state index contributed by atoms with van der Waals surface area (Å²) in [5, 5.41) is 0. The van der Waals surface area contributed by atoms with Gasteiger partial charge in [-0.15, -0.1) is 0 Å². The molecule has 0 unspecified atom stereocenters. The van der Waals surface area contributed by atoms with E-state index >= 15 is 0 Å². The highest BCUT2D eigenvalue weighted by Crippen LogP contribution is 2.30. The number of hydrogen-bond donors (Lipinski definition) is 1. The number of nitrogen functional groups attached to an aromatic ring is 1. The van der Waals surface area contributed by atoms with Crippen LogP contribution in [0.1, 0.15) is 41.8 Å². The summed E-state index contributed by atoms with van der Waals surface area (Å²) in [6.07, 6.45) is 2.19. The second-order valence-electron chi connectivity index (χ2n) is 6.19. The molecule has 0 spiro atoms. The van der Waals surface area contributed by atoms with E-state index in [9.17, 15) is 4.79 Å². The van der Waals surface area contributed by atoms with E-state index in [0.29, 0.717) is 17.3 Å². The van der Waals surface area contributed by atoms with Crippen molar-refractivity contribution in [3.63, 3.8) is 0 Å². The Morgan fingerprint density at radius 2 is 1.77 bits per heavy atom. The Morgan fingerprint density at radius 1 is 1.09 bits per heavy atom. The second kappa shape index (κ2) is 5.84. The zero-order chi connectivity index (χ0) is 15.7.